The van der Waals surface area contributed by atoms with E-state index in [1.54, 1.807) is 36.4 Å². The van der Waals surface area contributed by atoms with Gasteiger partial charge in [0.15, 0.2) is 12.4 Å². The molecule has 0 saturated carbocycles. The highest BCUT2D eigenvalue weighted by Crippen LogP contribution is 2.26. The Labute approximate surface area is 173 Å². The number of carbonyl (C=O) groups is 2. The van der Waals surface area contributed by atoms with Crippen molar-refractivity contribution < 1.29 is 27.5 Å². The summed E-state index contributed by atoms with van der Waals surface area (Å²) in [7, 11) is 0. The normalized spacial score (nSPS) is 10.4. The number of hydrogen-bond acceptors (Lipinski definition) is 5. The highest BCUT2D eigenvalue weighted by atomic mass is 79.9. The highest BCUT2D eigenvalue weighted by Gasteiger charge is 2.17. The van der Waals surface area contributed by atoms with E-state index in [1.165, 1.54) is 6.26 Å². The third-order valence-corrected chi connectivity index (χ3v) is 4.41. The summed E-state index contributed by atoms with van der Waals surface area (Å²) in [5.41, 5.74) is 0.482. The molecule has 0 spiro atoms. The van der Waals surface area contributed by atoms with Crippen LogP contribution in [0, 0.1) is 11.6 Å². The summed E-state index contributed by atoms with van der Waals surface area (Å²) in [4.78, 5) is 24.4. The molecule has 0 radical (unpaired) electrons. The van der Waals surface area contributed by atoms with Crippen LogP contribution < -0.4 is 10.6 Å². The zero-order valence-corrected chi connectivity index (χ0v) is 16.5. The summed E-state index contributed by atoms with van der Waals surface area (Å²) in [6.07, 6.45) is 1.54. The third-order valence-electron chi connectivity index (χ3n) is 3.79. The van der Waals surface area contributed by atoms with Gasteiger partial charge in [-0.25, -0.2) is 13.6 Å². The number of furan rings is 1. The van der Waals surface area contributed by atoms with Crippen molar-refractivity contribution in [3.63, 3.8) is 0 Å². The Morgan fingerprint density at radius 3 is 2.62 bits per heavy atom. The zero-order valence-electron chi connectivity index (χ0n) is 14.9. The Kier molecular flexibility index (Phi) is 6.61. The van der Waals surface area contributed by atoms with Gasteiger partial charge >= 0.3 is 5.97 Å². The van der Waals surface area contributed by atoms with Crippen molar-refractivity contribution in [3.8, 4) is 0 Å². The van der Waals surface area contributed by atoms with E-state index in [9.17, 15) is 18.4 Å². The van der Waals surface area contributed by atoms with Crippen molar-refractivity contribution in [2.24, 2.45) is 0 Å². The quantitative estimate of drug-likeness (QED) is 0.494. The Bertz CT molecular complexity index is 1000. The highest BCUT2D eigenvalue weighted by molar-refractivity contribution is 9.10. The molecule has 0 fully saturated rings. The van der Waals surface area contributed by atoms with Crippen molar-refractivity contribution in [2.45, 2.75) is 6.54 Å². The zero-order chi connectivity index (χ0) is 20.8. The third kappa shape index (κ3) is 5.41. The molecule has 3 aromatic rings. The van der Waals surface area contributed by atoms with Crippen molar-refractivity contribution in [3.05, 3.63) is 82.2 Å². The summed E-state index contributed by atoms with van der Waals surface area (Å²) in [5.74, 6) is -2.58. The van der Waals surface area contributed by atoms with E-state index in [4.69, 9.17) is 9.15 Å². The van der Waals surface area contributed by atoms with E-state index >= 15 is 0 Å². The monoisotopic (exact) mass is 464 g/mol. The SMILES string of the molecule is O=C(COC(=O)c1ccccc1NCc1ccco1)Nc1c(F)cc(F)cc1Br. The molecular formula is C20H15BrF2N2O4. The minimum atomic E-state index is -0.955. The molecule has 0 saturated heterocycles. The van der Waals surface area contributed by atoms with Gasteiger partial charge in [-0.15, -0.1) is 0 Å². The lowest BCUT2D eigenvalue weighted by atomic mass is 10.2. The Hall–Kier alpha value is -3.20. The standard InChI is InChI=1S/C20H15BrF2N2O4/c21-15-8-12(22)9-16(23)19(15)25-18(26)11-29-20(27)14-5-1-2-6-17(14)24-10-13-4-3-7-28-13/h1-9,24H,10-11H2,(H,25,26). The number of amides is 1. The van der Waals surface area contributed by atoms with E-state index in [-0.39, 0.29) is 15.7 Å². The van der Waals surface area contributed by atoms with Crippen LogP contribution in [0.1, 0.15) is 16.1 Å². The fraction of sp³-hybridized carbons (Fsp3) is 0.100. The van der Waals surface area contributed by atoms with Gasteiger partial charge in [-0.1, -0.05) is 12.1 Å². The molecule has 6 nitrogen and oxygen atoms in total. The lowest BCUT2D eigenvalue weighted by molar-refractivity contribution is -0.119. The molecule has 2 aromatic carbocycles. The van der Waals surface area contributed by atoms with E-state index in [0.29, 0.717) is 24.1 Å². The maximum absolute atomic E-state index is 13.8. The average Bonchev–Trinajstić information content (AvgIpc) is 3.21. The lowest BCUT2D eigenvalue weighted by Gasteiger charge is -2.12. The summed E-state index contributed by atoms with van der Waals surface area (Å²) < 4.78 is 37.2. The van der Waals surface area contributed by atoms with Crippen LogP contribution in [0.4, 0.5) is 20.2 Å². The molecule has 0 aliphatic rings. The molecule has 2 N–H and O–H groups in total. The second kappa shape index (κ2) is 9.33. The van der Waals surface area contributed by atoms with Crippen LogP contribution in [0.5, 0.6) is 0 Å². The van der Waals surface area contributed by atoms with Crippen molar-refractivity contribution in [1.29, 1.82) is 0 Å². The van der Waals surface area contributed by atoms with Crippen LogP contribution in [0.3, 0.4) is 0 Å². The van der Waals surface area contributed by atoms with Gasteiger partial charge in [0.25, 0.3) is 5.91 Å². The first-order valence-electron chi connectivity index (χ1n) is 8.41. The first-order chi connectivity index (χ1) is 13.9. The number of nitrogens with one attached hydrogen (secondary N) is 2. The number of esters is 1. The molecule has 1 aromatic heterocycles. The van der Waals surface area contributed by atoms with Gasteiger partial charge < -0.3 is 19.8 Å². The fourth-order valence-electron chi connectivity index (χ4n) is 2.46. The Morgan fingerprint density at radius 2 is 1.90 bits per heavy atom. The predicted molar refractivity (Wildman–Crippen MR) is 105 cm³/mol. The van der Waals surface area contributed by atoms with Crippen molar-refractivity contribution in [2.75, 3.05) is 17.2 Å². The molecule has 0 aliphatic carbocycles. The van der Waals surface area contributed by atoms with Gasteiger partial charge in [-0.3, -0.25) is 4.79 Å². The van der Waals surface area contributed by atoms with Gasteiger partial charge in [0.05, 0.1) is 24.1 Å². The minimum absolute atomic E-state index is 0.0298. The van der Waals surface area contributed by atoms with E-state index in [2.05, 4.69) is 26.6 Å². The first kappa shape index (κ1) is 20.5. The smallest absolute Gasteiger partial charge is 0.340 e. The number of halogens is 3. The molecule has 1 amide bonds. The lowest BCUT2D eigenvalue weighted by Crippen LogP contribution is -2.22. The number of hydrogen-bond donors (Lipinski definition) is 2. The molecule has 0 bridgehead atoms. The van der Waals surface area contributed by atoms with Gasteiger partial charge in [0.1, 0.15) is 11.6 Å². The summed E-state index contributed by atoms with van der Waals surface area (Å²) in [5, 5.41) is 5.30. The molecule has 3 rings (SSSR count). The van der Waals surface area contributed by atoms with Crippen LogP contribution in [0.15, 0.2) is 63.7 Å². The molecule has 0 unspecified atom stereocenters. The van der Waals surface area contributed by atoms with Crippen LogP contribution in [-0.4, -0.2) is 18.5 Å². The topological polar surface area (TPSA) is 80.6 Å². The average molecular weight is 465 g/mol. The van der Waals surface area contributed by atoms with E-state index in [0.717, 1.165) is 6.07 Å². The molecular weight excluding hydrogens is 450 g/mol. The number of rotatable bonds is 7. The summed E-state index contributed by atoms with van der Waals surface area (Å²) in [6.45, 7) is -0.287. The molecule has 9 heteroatoms. The van der Waals surface area contributed by atoms with Gasteiger partial charge in [-0.05, 0) is 46.3 Å². The van der Waals surface area contributed by atoms with Crippen LogP contribution in [0.2, 0.25) is 0 Å². The van der Waals surface area contributed by atoms with Crippen molar-refractivity contribution in [1.82, 2.24) is 0 Å². The summed E-state index contributed by atoms with van der Waals surface area (Å²) >= 11 is 2.97. The Morgan fingerprint density at radius 1 is 1.10 bits per heavy atom. The van der Waals surface area contributed by atoms with E-state index < -0.39 is 30.1 Å². The van der Waals surface area contributed by atoms with E-state index in [1.807, 2.05) is 0 Å². The maximum Gasteiger partial charge on any atom is 0.340 e. The largest absolute Gasteiger partial charge is 0.467 e. The molecule has 0 atom stereocenters. The molecule has 1 heterocycles. The first-order valence-corrected chi connectivity index (χ1v) is 9.20. The predicted octanol–water partition coefficient (Wildman–Crippen LogP) is 4.73. The fourth-order valence-corrected chi connectivity index (χ4v) is 2.96. The second-order valence-electron chi connectivity index (χ2n) is 5.85. The van der Waals surface area contributed by atoms with Gasteiger partial charge in [0.2, 0.25) is 0 Å². The van der Waals surface area contributed by atoms with Crippen molar-refractivity contribution >= 4 is 39.2 Å². The van der Waals surface area contributed by atoms with Gasteiger partial charge in [0, 0.05) is 16.2 Å². The maximum atomic E-state index is 13.8. The number of para-hydroxylation sites is 1. The Balaban J connectivity index is 1.60. The van der Waals surface area contributed by atoms with Crippen LogP contribution >= 0.6 is 15.9 Å². The molecule has 150 valence electrons. The number of anilines is 2. The number of carbonyl (C=O) groups excluding carboxylic acids is 2. The van der Waals surface area contributed by atoms with Gasteiger partial charge in [-0.2, -0.15) is 0 Å². The van der Waals surface area contributed by atoms with Crippen LogP contribution in [0.25, 0.3) is 0 Å². The minimum Gasteiger partial charge on any atom is -0.467 e. The van der Waals surface area contributed by atoms with Crippen LogP contribution in [-0.2, 0) is 16.1 Å². The number of benzene rings is 2. The number of ether oxygens (including phenoxy) is 1. The molecule has 0 aliphatic heterocycles. The summed E-state index contributed by atoms with van der Waals surface area (Å²) in [6, 6.07) is 11.8. The molecule has 29 heavy (non-hydrogen) atoms. The second-order valence-corrected chi connectivity index (χ2v) is 6.70.